The van der Waals surface area contributed by atoms with Gasteiger partial charge in [-0.25, -0.2) is 4.98 Å². The molecule has 2 aromatic rings. The summed E-state index contributed by atoms with van der Waals surface area (Å²) in [6, 6.07) is 15.2. The second-order valence-corrected chi connectivity index (χ2v) is 5.37. The third-order valence-electron chi connectivity index (χ3n) is 3.50. The number of aryl methyl sites for hydroxylation is 1. The second-order valence-electron chi connectivity index (χ2n) is 5.37. The molecule has 2 rings (SSSR count). The van der Waals surface area contributed by atoms with E-state index in [0.717, 1.165) is 11.3 Å². The lowest BCUT2D eigenvalue weighted by molar-refractivity contribution is -0.116. The molecule has 1 aromatic carbocycles. The SMILES string of the molecule is Cc1cccc(NC(=O)CCN[C@@H](C)c2ccc(C#N)cc2)n1. The summed E-state index contributed by atoms with van der Waals surface area (Å²) < 4.78 is 0. The maximum absolute atomic E-state index is 11.9. The van der Waals surface area contributed by atoms with Gasteiger partial charge in [0.15, 0.2) is 0 Å². The molecule has 118 valence electrons. The molecule has 0 spiro atoms. The predicted molar refractivity (Wildman–Crippen MR) is 89.8 cm³/mol. The molecule has 0 saturated carbocycles. The predicted octanol–water partition coefficient (Wildman–Crippen LogP) is 2.94. The molecule has 0 unspecified atom stereocenters. The highest BCUT2D eigenvalue weighted by molar-refractivity contribution is 5.89. The van der Waals surface area contributed by atoms with E-state index in [2.05, 4.69) is 21.7 Å². The van der Waals surface area contributed by atoms with E-state index < -0.39 is 0 Å². The van der Waals surface area contributed by atoms with Crippen molar-refractivity contribution < 1.29 is 4.79 Å². The molecule has 1 amide bonds. The highest BCUT2D eigenvalue weighted by atomic mass is 16.1. The van der Waals surface area contributed by atoms with Crippen LogP contribution in [0.3, 0.4) is 0 Å². The van der Waals surface area contributed by atoms with Crippen LogP contribution in [0.25, 0.3) is 0 Å². The summed E-state index contributed by atoms with van der Waals surface area (Å²) in [5.41, 5.74) is 2.60. The van der Waals surface area contributed by atoms with Gasteiger partial charge in [0, 0.05) is 24.7 Å². The first-order chi connectivity index (χ1) is 11.1. The summed E-state index contributed by atoms with van der Waals surface area (Å²) in [5, 5.41) is 14.9. The lowest BCUT2D eigenvalue weighted by Gasteiger charge is -2.14. The van der Waals surface area contributed by atoms with Crippen molar-refractivity contribution in [1.82, 2.24) is 10.3 Å². The highest BCUT2D eigenvalue weighted by Gasteiger charge is 2.07. The van der Waals surface area contributed by atoms with E-state index in [0.29, 0.717) is 24.3 Å². The molecule has 5 heteroatoms. The Morgan fingerprint density at radius 2 is 2.00 bits per heavy atom. The van der Waals surface area contributed by atoms with Crippen LogP contribution in [0.2, 0.25) is 0 Å². The second kappa shape index (κ2) is 8.06. The van der Waals surface area contributed by atoms with Crippen molar-refractivity contribution in [2.24, 2.45) is 0 Å². The van der Waals surface area contributed by atoms with Crippen LogP contribution in [0, 0.1) is 18.3 Å². The van der Waals surface area contributed by atoms with Crippen LogP contribution in [-0.2, 0) is 4.79 Å². The number of aromatic nitrogens is 1. The average Bonchev–Trinajstić information content (AvgIpc) is 2.55. The Morgan fingerprint density at radius 3 is 2.65 bits per heavy atom. The molecule has 0 bridgehead atoms. The molecule has 1 heterocycles. The number of rotatable bonds is 6. The van der Waals surface area contributed by atoms with Gasteiger partial charge in [-0.3, -0.25) is 4.79 Å². The quantitative estimate of drug-likeness (QED) is 0.860. The number of amides is 1. The molecule has 1 aromatic heterocycles. The normalized spacial score (nSPS) is 11.5. The topological polar surface area (TPSA) is 77.8 Å². The zero-order valence-corrected chi connectivity index (χ0v) is 13.3. The number of pyridine rings is 1. The van der Waals surface area contributed by atoms with Gasteiger partial charge in [0.1, 0.15) is 5.82 Å². The molecule has 0 fully saturated rings. The maximum atomic E-state index is 11.9. The van der Waals surface area contributed by atoms with E-state index in [1.165, 1.54) is 0 Å². The summed E-state index contributed by atoms with van der Waals surface area (Å²) in [5.74, 6) is 0.512. The van der Waals surface area contributed by atoms with Gasteiger partial charge in [0.05, 0.1) is 11.6 Å². The smallest absolute Gasteiger partial charge is 0.226 e. The van der Waals surface area contributed by atoms with Gasteiger partial charge in [-0.15, -0.1) is 0 Å². The van der Waals surface area contributed by atoms with Gasteiger partial charge >= 0.3 is 0 Å². The standard InChI is InChI=1S/C18H20N4O/c1-13-4-3-5-17(21-13)22-18(23)10-11-20-14(2)16-8-6-15(12-19)7-9-16/h3-9,14,20H,10-11H2,1-2H3,(H,21,22,23)/t14-/m0/s1. The van der Waals surface area contributed by atoms with Gasteiger partial charge in [-0.05, 0) is 43.7 Å². The third-order valence-corrected chi connectivity index (χ3v) is 3.50. The molecular formula is C18H20N4O. The summed E-state index contributed by atoms with van der Waals surface area (Å²) in [6.45, 7) is 4.48. The van der Waals surface area contributed by atoms with Gasteiger partial charge in [0.2, 0.25) is 5.91 Å². The maximum Gasteiger partial charge on any atom is 0.226 e. The molecule has 0 aliphatic heterocycles. The van der Waals surface area contributed by atoms with Crippen molar-refractivity contribution in [3.05, 3.63) is 59.3 Å². The number of benzene rings is 1. The Bertz CT molecular complexity index is 704. The Balaban J connectivity index is 1.77. The zero-order valence-electron chi connectivity index (χ0n) is 13.3. The monoisotopic (exact) mass is 308 g/mol. The molecule has 0 radical (unpaired) electrons. The highest BCUT2D eigenvalue weighted by Crippen LogP contribution is 2.13. The molecular weight excluding hydrogens is 288 g/mol. The van der Waals surface area contributed by atoms with Crippen LogP contribution in [0.15, 0.2) is 42.5 Å². The van der Waals surface area contributed by atoms with E-state index in [4.69, 9.17) is 5.26 Å². The summed E-state index contributed by atoms with van der Waals surface area (Å²) in [7, 11) is 0. The van der Waals surface area contributed by atoms with Crippen LogP contribution in [0.5, 0.6) is 0 Å². The van der Waals surface area contributed by atoms with E-state index in [1.807, 2.05) is 38.1 Å². The number of nitrogens with one attached hydrogen (secondary N) is 2. The van der Waals surface area contributed by atoms with Crippen molar-refractivity contribution >= 4 is 11.7 Å². The number of hydrogen-bond donors (Lipinski definition) is 2. The zero-order chi connectivity index (χ0) is 16.7. The summed E-state index contributed by atoms with van der Waals surface area (Å²) >= 11 is 0. The largest absolute Gasteiger partial charge is 0.311 e. The molecule has 2 N–H and O–H groups in total. The fourth-order valence-corrected chi connectivity index (χ4v) is 2.18. The summed E-state index contributed by atoms with van der Waals surface area (Å²) in [4.78, 5) is 16.1. The first-order valence-electron chi connectivity index (χ1n) is 7.55. The van der Waals surface area contributed by atoms with Crippen molar-refractivity contribution in [2.45, 2.75) is 26.3 Å². The van der Waals surface area contributed by atoms with Crippen molar-refractivity contribution in [3.63, 3.8) is 0 Å². The van der Waals surface area contributed by atoms with Crippen LogP contribution < -0.4 is 10.6 Å². The Labute approximate surface area is 136 Å². The van der Waals surface area contributed by atoms with E-state index in [1.54, 1.807) is 18.2 Å². The number of carbonyl (C=O) groups is 1. The van der Waals surface area contributed by atoms with E-state index in [9.17, 15) is 4.79 Å². The lowest BCUT2D eigenvalue weighted by atomic mass is 10.1. The number of anilines is 1. The van der Waals surface area contributed by atoms with Gasteiger partial charge in [-0.1, -0.05) is 18.2 Å². The minimum Gasteiger partial charge on any atom is -0.311 e. The number of nitrogens with zero attached hydrogens (tertiary/aromatic N) is 2. The molecule has 0 saturated heterocycles. The van der Waals surface area contributed by atoms with Crippen LogP contribution in [0.4, 0.5) is 5.82 Å². The Kier molecular flexibility index (Phi) is 5.84. The van der Waals surface area contributed by atoms with E-state index in [-0.39, 0.29) is 11.9 Å². The molecule has 1 atom stereocenters. The summed E-state index contributed by atoms with van der Waals surface area (Å²) in [6.07, 6.45) is 0.371. The average molecular weight is 308 g/mol. The van der Waals surface area contributed by atoms with Crippen molar-refractivity contribution in [1.29, 1.82) is 5.26 Å². The lowest BCUT2D eigenvalue weighted by Crippen LogP contribution is -2.24. The van der Waals surface area contributed by atoms with Crippen LogP contribution in [-0.4, -0.2) is 17.4 Å². The van der Waals surface area contributed by atoms with Crippen molar-refractivity contribution in [2.75, 3.05) is 11.9 Å². The van der Waals surface area contributed by atoms with Gasteiger partial charge in [0.25, 0.3) is 0 Å². The van der Waals surface area contributed by atoms with E-state index >= 15 is 0 Å². The minimum absolute atomic E-state index is 0.0670. The fraction of sp³-hybridized carbons (Fsp3) is 0.278. The van der Waals surface area contributed by atoms with Crippen LogP contribution in [0.1, 0.15) is 36.2 Å². The van der Waals surface area contributed by atoms with Gasteiger partial charge < -0.3 is 10.6 Å². The Hall–Kier alpha value is -2.71. The molecule has 5 nitrogen and oxygen atoms in total. The molecule has 0 aliphatic rings. The van der Waals surface area contributed by atoms with Crippen LogP contribution >= 0.6 is 0 Å². The van der Waals surface area contributed by atoms with Crippen molar-refractivity contribution in [3.8, 4) is 6.07 Å². The van der Waals surface area contributed by atoms with Gasteiger partial charge in [-0.2, -0.15) is 5.26 Å². The first-order valence-corrected chi connectivity index (χ1v) is 7.55. The Morgan fingerprint density at radius 1 is 1.26 bits per heavy atom. The number of nitriles is 1. The molecule has 23 heavy (non-hydrogen) atoms. The number of hydrogen-bond acceptors (Lipinski definition) is 4. The third kappa shape index (κ3) is 5.20. The molecule has 0 aliphatic carbocycles. The first kappa shape index (κ1) is 16.7. The fourth-order valence-electron chi connectivity index (χ4n) is 2.18. The number of carbonyl (C=O) groups excluding carboxylic acids is 1. The minimum atomic E-state index is -0.0670.